The Morgan fingerprint density at radius 1 is 1.29 bits per heavy atom. The van der Waals surface area contributed by atoms with Crippen molar-refractivity contribution < 1.29 is 14.3 Å². The molecule has 0 radical (unpaired) electrons. The number of carbonyl (C=O) groups excluding carboxylic acids is 2. The Kier molecular flexibility index (Phi) is 4.71. The molecule has 0 bridgehead atoms. The molecule has 2 aromatic carbocycles. The van der Waals surface area contributed by atoms with Crippen LogP contribution in [0.2, 0.25) is 5.02 Å². The fourth-order valence-electron chi connectivity index (χ4n) is 2.57. The summed E-state index contributed by atoms with van der Waals surface area (Å²) in [5, 5.41) is 3.27. The second-order valence-electron chi connectivity index (χ2n) is 5.68. The zero-order valence-corrected chi connectivity index (χ0v) is 13.9. The third-order valence-corrected chi connectivity index (χ3v) is 4.00. The number of nitrogens with zero attached hydrogens (tertiary/aromatic N) is 1. The van der Waals surface area contributed by atoms with Crippen LogP contribution in [-0.2, 0) is 4.74 Å². The lowest BCUT2D eigenvalue weighted by Crippen LogP contribution is -2.34. The van der Waals surface area contributed by atoms with Gasteiger partial charge in [0.2, 0.25) is 0 Å². The van der Waals surface area contributed by atoms with Crippen LogP contribution in [-0.4, -0.2) is 31.2 Å². The van der Waals surface area contributed by atoms with Gasteiger partial charge in [-0.25, -0.2) is 4.79 Å². The molecule has 1 saturated heterocycles. The van der Waals surface area contributed by atoms with Gasteiger partial charge in [-0.3, -0.25) is 9.69 Å². The first kappa shape index (κ1) is 16.3. The summed E-state index contributed by atoms with van der Waals surface area (Å²) < 4.78 is 5.32. The lowest BCUT2D eigenvalue weighted by atomic mass is 10.2. The molecule has 0 spiro atoms. The molecule has 3 rings (SSSR count). The molecule has 0 aliphatic carbocycles. The van der Waals surface area contributed by atoms with Crippen molar-refractivity contribution in [3.05, 3.63) is 64.7 Å². The number of ether oxygens (including phenoxy) is 1. The Morgan fingerprint density at radius 3 is 2.83 bits per heavy atom. The minimum atomic E-state index is -0.400. The van der Waals surface area contributed by atoms with Gasteiger partial charge in [0, 0.05) is 16.3 Å². The summed E-state index contributed by atoms with van der Waals surface area (Å²) in [5.74, 6) is -0.248. The van der Waals surface area contributed by atoms with Crippen LogP contribution in [0.1, 0.15) is 15.9 Å². The van der Waals surface area contributed by atoms with E-state index in [2.05, 4.69) is 5.32 Å². The monoisotopic (exact) mass is 344 g/mol. The first-order chi connectivity index (χ1) is 11.5. The van der Waals surface area contributed by atoms with Crippen molar-refractivity contribution in [2.75, 3.05) is 18.0 Å². The number of nitrogens with one attached hydrogen (secondary N) is 1. The summed E-state index contributed by atoms with van der Waals surface area (Å²) in [7, 11) is 0. The summed E-state index contributed by atoms with van der Waals surface area (Å²) in [4.78, 5) is 25.7. The Hall–Kier alpha value is -2.53. The first-order valence-electron chi connectivity index (χ1n) is 7.61. The highest BCUT2D eigenvalue weighted by Gasteiger charge is 2.32. The van der Waals surface area contributed by atoms with E-state index >= 15 is 0 Å². The molecule has 1 heterocycles. The minimum Gasteiger partial charge on any atom is -0.442 e. The second kappa shape index (κ2) is 6.93. The topological polar surface area (TPSA) is 58.6 Å². The molecule has 6 heteroatoms. The predicted octanol–water partition coefficient (Wildman–Crippen LogP) is 3.40. The van der Waals surface area contributed by atoms with Crippen molar-refractivity contribution in [3.8, 4) is 0 Å². The van der Waals surface area contributed by atoms with Gasteiger partial charge in [0.25, 0.3) is 5.91 Å². The summed E-state index contributed by atoms with van der Waals surface area (Å²) in [5.41, 5.74) is 2.34. The van der Waals surface area contributed by atoms with Gasteiger partial charge in [-0.05, 0) is 42.8 Å². The van der Waals surface area contributed by atoms with Gasteiger partial charge in [0.1, 0.15) is 6.10 Å². The SMILES string of the molecule is Cc1cccc(N2CC(CNC(=O)c3cccc(Cl)c3)OC2=O)c1. The summed E-state index contributed by atoms with van der Waals surface area (Å²) >= 11 is 5.88. The Bertz CT molecular complexity index is 778. The van der Waals surface area contributed by atoms with Gasteiger partial charge >= 0.3 is 6.09 Å². The van der Waals surface area contributed by atoms with Crippen LogP contribution < -0.4 is 10.2 Å². The van der Waals surface area contributed by atoms with Crippen molar-refractivity contribution in [3.63, 3.8) is 0 Å². The highest BCUT2D eigenvalue weighted by Crippen LogP contribution is 2.22. The van der Waals surface area contributed by atoms with Crippen molar-refractivity contribution in [1.82, 2.24) is 5.32 Å². The maximum absolute atomic E-state index is 12.1. The average molecular weight is 345 g/mol. The lowest BCUT2D eigenvalue weighted by Gasteiger charge is -2.13. The molecule has 0 aromatic heterocycles. The van der Waals surface area contributed by atoms with E-state index in [0.717, 1.165) is 11.3 Å². The molecule has 124 valence electrons. The number of amides is 2. The standard InChI is InChI=1S/C18H17ClN2O3/c1-12-4-2-7-15(8-12)21-11-16(24-18(21)23)10-20-17(22)13-5-3-6-14(19)9-13/h2-9,16H,10-11H2,1H3,(H,20,22). The fraction of sp³-hybridized carbons (Fsp3) is 0.222. The predicted molar refractivity (Wildman–Crippen MR) is 92.6 cm³/mol. The van der Waals surface area contributed by atoms with E-state index in [1.54, 1.807) is 29.2 Å². The molecule has 1 unspecified atom stereocenters. The van der Waals surface area contributed by atoms with E-state index in [1.807, 2.05) is 31.2 Å². The number of halogens is 1. The van der Waals surface area contributed by atoms with Crippen LogP contribution in [0.15, 0.2) is 48.5 Å². The number of anilines is 1. The summed E-state index contributed by atoms with van der Waals surface area (Å²) in [6, 6.07) is 14.3. The smallest absolute Gasteiger partial charge is 0.414 e. The molecule has 1 atom stereocenters. The molecule has 0 saturated carbocycles. The van der Waals surface area contributed by atoms with E-state index in [1.165, 1.54) is 0 Å². The molecule has 1 aliphatic rings. The molecule has 1 aliphatic heterocycles. The molecular weight excluding hydrogens is 328 g/mol. The fourth-order valence-corrected chi connectivity index (χ4v) is 2.76. The van der Waals surface area contributed by atoms with E-state index < -0.39 is 6.09 Å². The highest BCUT2D eigenvalue weighted by atomic mass is 35.5. The third kappa shape index (κ3) is 3.68. The van der Waals surface area contributed by atoms with E-state index in [-0.39, 0.29) is 18.6 Å². The molecule has 1 N–H and O–H groups in total. The van der Waals surface area contributed by atoms with E-state index in [4.69, 9.17) is 16.3 Å². The van der Waals surface area contributed by atoms with Crippen LogP contribution in [0, 0.1) is 6.92 Å². The molecule has 1 fully saturated rings. The molecule has 2 amide bonds. The van der Waals surface area contributed by atoms with Crippen molar-refractivity contribution in [1.29, 1.82) is 0 Å². The molecule has 24 heavy (non-hydrogen) atoms. The average Bonchev–Trinajstić information content (AvgIpc) is 2.93. The second-order valence-corrected chi connectivity index (χ2v) is 6.11. The van der Waals surface area contributed by atoms with Crippen LogP contribution in [0.25, 0.3) is 0 Å². The van der Waals surface area contributed by atoms with Gasteiger partial charge in [-0.15, -0.1) is 0 Å². The zero-order valence-electron chi connectivity index (χ0n) is 13.2. The zero-order chi connectivity index (χ0) is 17.1. The van der Waals surface area contributed by atoms with Gasteiger partial charge < -0.3 is 10.1 Å². The number of rotatable bonds is 4. The van der Waals surface area contributed by atoms with Crippen molar-refractivity contribution in [2.24, 2.45) is 0 Å². The van der Waals surface area contributed by atoms with Crippen LogP contribution >= 0.6 is 11.6 Å². The number of aryl methyl sites for hydroxylation is 1. The number of hydrogen-bond donors (Lipinski definition) is 1. The molecule has 5 nitrogen and oxygen atoms in total. The van der Waals surface area contributed by atoms with Gasteiger partial charge in [0.15, 0.2) is 0 Å². The Labute approximate surface area is 145 Å². The summed E-state index contributed by atoms with van der Waals surface area (Å²) in [6.07, 6.45) is -0.788. The molecular formula is C18H17ClN2O3. The van der Waals surface area contributed by atoms with E-state index in [9.17, 15) is 9.59 Å². The largest absolute Gasteiger partial charge is 0.442 e. The Balaban J connectivity index is 1.59. The third-order valence-electron chi connectivity index (χ3n) is 3.76. The summed E-state index contributed by atoms with van der Waals surface area (Å²) in [6.45, 7) is 2.62. The number of carbonyl (C=O) groups is 2. The number of benzene rings is 2. The Morgan fingerprint density at radius 2 is 2.08 bits per heavy atom. The van der Waals surface area contributed by atoms with Crippen LogP contribution in [0.3, 0.4) is 0 Å². The maximum Gasteiger partial charge on any atom is 0.414 e. The number of cyclic esters (lactones) is 1. The quantitative estimate of drug-likeness (QED) is 0.924. The van der Waals surface area contributed by atoms with Crippen molar-refractivity contribution >= 4 is 29.3 Å². The van der Waals surface area contributed by atoms with Gasteiger partial charge in [-0.1, -0.05) is 29.8 Å². The van der Waals surface area contributed by atoms with Crippen LogP contribution in [0.5, 0.6) is 0 Å². The molecule has 2 aromatic rings. The van der Waals surface area contributed by atoms with Crippen molar-refractivity contribution in [2.45, 2.75) is 13.0 Å². The minimum absolute atomic E-state index is 0.248. The first-order valence-corrected chi connectivity index (χ1v) is 7.99. The highest BCUT2D eigenvalue weighted by molar-refractivity contribution is 6.30. The van der Waals surface area contributed by atoms with Gasteiger partial charge in [-0.2, -0.15) is 0 Å². The normalized spacial score (nSPS) is 16.8. The lowest BCUT2D eigenvalue weighted by molar-refractivity contribution is 0.0916. The maximum atomic E-state index is 12.1. The van der Waals surface area contributed by atoms with E-state index in [0.29, 0.717) is 17.1 Å². The van der Waals surface area contributed by atoms with Gasteiger partial charge in [0.05, 0.1) is 13.1 Å². The van der Waals surface area contributed by atoms with Crippen LogP contribution in [0.4, 0.5) is 10.5 Å². The number of hydrogen-bond acceptors (Lipinski definition) is 3.